The second-order valence-electron chi connectivity index (χ2n) is 6.35. The Kier molecular flexibility index (Phi) is 7.64. The molecule has 24 heavy (non-hydrogen) atoms. The molecule has 0 aromatic carbocycles. The fourth-order valence-electron chi connectivity index (χ4n) is 2.80. The minimum Gasteiger partial charge on any atom is -0.373 e. The summed E-state index contributed by atoms with van der Waals surface area (Å²) in [5.74, 6) is 2.51. The van der Waals surface area contributed by atoms with E-state index in [1.807, 2.05) is 6.92 Å². The first-order valence-corrected chi connectivity index (χ1v) is 11.4. The smallest absolute Gasteiger partial charge is 0.215 e. The lowest BCUT2D eigenvalue weighted by atomic mass is 10.0. The number of guanidine groups is 1. The standard InChI is InChI=1S/C15H30N4O3S2/c1-3-16-14(18-13-15(2)5-4-9-22-15)17-6-12-24(20,21)19-7-10-23-11-8-19/h3-13H2,1-2H3,(H2,16,17,18). The summed E-state index contributed by atoms with van der Waals surface area (Å²) in [5.41, 5.74) is -0.195. The summed E-state index contributed by atoms with van der Waals surface area (Å²) in [5, 5.41) is 6.29. The fourth-order valence-corrected chi connectivity index (χ4v) is 5.29. The van der Waals surface area contributed by atoms with Gasteiger partial charge in [0.15, 0.2) is 5.96 Å². The molecule has 1 unspecified atom stereocenters. The van der Waals surface area contributed by atoms with Crippen LogP contribution in [0.2, 0.25) is 0 Å². The van der Waals surface area contributed by atoms with Crippen LogP contribution in [0.1, 0.15) is 26.7 Å². The van der Waals surface area contributed by atoms with Crippen molar-refractivity contribution in [3.63, 3.8) is 0 Å². The third-order valence-electron chi connectivity index (χ3n) is 4.23. The summed E-state index contributed by atoms with van der Waals surface area (Å²) in [6.07, 6.45) is 2.08. The molecule has 1 atom stereocenters. The number of aliphatic imine (C=N–C) groups is 1. The van der Waals surface area contributed by atoms with Gasteiger partial charge in [-0.1, -0.05) is 0 Å². The van der Waals surface area contributed by atoms with Crippen LogP contribution in [0.4, 0.5) is 0 Å². The summed E-state index contributed by atoms with van der Waals surface area (Å²) in [7, 11) is -3.19. The monoisotopic (exact) mass is 378 g/mol. The zero-order valence-corrected chi connectivity index (χ0v) is 16.3. The molecule has 0 saturated carbocycles. The number of rotatable bonds is 7. The molecule has 2 fully saturated rings. The summed E-state index contributed by atoms with van der Waals surface area (Å²) >= 11 is 1.81. The Balaban J connectivity index is 1.82. The van der Waals surface area contributed by atoms with Crippen molar-refractivity contribution in [1.82, 2.24) is 14.9 Å². The molecular weight excluding hydrogens is 348 g/mol. The van der Waals surface area contributed by atoms with Crippen molar-refractivity contribution in [1.29, 1.82) is 0 Å². The molecule has 2 aliphatic heterocycles. The van der Waals surface area contributed by atoms with E-state index in [2.05, 4.69) is 22.5 Å². The molecule has 2 saturated heterocycles. The van der Waals surface area contributed by atoms with Crippen LogP contribution in [-0.2, 0) is 14.8 Å². The van der Waals surface area contributed by atoms with E-state index in [4.69, 9.17) is 4.74 Å². The fraction of sp³-hybridized carbons (Fsp3) is 0.933. The van der Waals surface area contributed by atoms with Gasteiger partial charge in [0.25, 0.3) is 0 Å². The molecule has 0 aromatic rings. The topological polar surface area (TPSA) is 83.0 Å². The van der Waals surface area contributed by atoms with Gasteiger partial charge >= 0.3 is 0 Å². The molecule has 7 nitrogen and oxygen atoms in total. The van der Waals surface area contributed by atoms with Gasteiger partial charge in [-0.25, -0.2) is 12.7 Å². The van der Waals surface area contributed by atoms with Gasteiger partial charge in [-0.3, -0.25) is 4.99 Å². The van der Waals surface area contributed by atoms with Crippen molar-refractivity contribution in [2.75, 3.05) is 56.6 Å². The largest absolute Gasteiger partial charge is 0.373 e. The van der Waals surface area contributed by atoms with E-state index in [0.29, 0.717) is 32.1 Å². The Bertz CT molecular complexity index is 513. The van der Waals surface area contributed by atoms with Crippen LogP contribution >= 0.6 is 11.8 Å². The van der Waals surface area contributed by atoms with E-state index >= 15 is 0 Å². The van der Waals surface area contributed by atoms with Gasteiger partial charge in [-0.2, -0.15) is 11.8 Å². The highest BCUT2D eigenvalue weighted by atomic mass is 32.2. The molecule has 0 amide bonds. The Morgan fingerprint density at radius 1 is 1.33 bits per heavy atom. The van der Waals surface area contributed by atoms with Crippen LogP contribution in [0, 0.1) is 0 Å². The van der Waals surface area contributed by atoms with Crippen molar-refractivity contribution in [3.8, 4) is 0 Å². The zero-order chi connectivity index (χ0) is 17.5. The number of hydrogen-bond donors (Lipinski definition) is 2. The predicted molar refractivity (Wildman–Crippen MR) is 100 cm³/mol. The van der Waals surface area contributed by atoms with E-state index in [0.717, 1.165) is 37.5 Å². The maximum atomic E-state index is 12.3. The van der Waals surface area contributed by atoms with Crippen LogP contribution < -0.4 is 10.6 Å². The molecule has 0 spiro atoms. The van der Waals surface area contributed by atoms with E-state index in [9.17, 15) is 8.42 Å². The minimum absolute atomic E-state index is 0.0931. The molecular formula is C15H30N4O3S2. The van der Waals surface area contributed by atoms with Gasteiger partial charge in [0.05, 0.1) is 17.9 Å². The van der Waals surface area contributed by atoms with Crippen molar-refractivity contribution >= 4 is 27.7 Å². The summed E-state index contributed by atoms with van der Waals surface area (Å²) < 4.78 is 32.0. The molecule has 140 valence electrons. The first-order chi connectivity index (χ1) is 11.5. The molecule has 0 bridgehead atoms. The van der Waals surface area contributed by atoms with E-state index in [1.54, 1.807) is 16.1 Å². The van der Waals surface area contributed by atoms with Crippen molar-refractivity contribution < 1.29 is 13.2 Å². The van der Waals surface area contributed by atoms with Crippen molar-refractivity contribution in [2.45, 2.75) is 32.3 Å². The van der Waals surface area contributed by atoms with E-state index < -0.39 is 10.0 Å². The van der Waals surface area contributed by atoms with Crippen LogP contribution in [0.25, 0.3) is 0 Å². The third kappa shape index (κ3) is 6.09. The molecule has 2 aliphatic rings. The van der Waals surface area contributed by atoms with Crippen LogP contribution in [0.3, 0.4) is 0 Å². The lowest BCUT2D eigenvalue weighted by Gasteiger charge is -2.26. The maximum Gasteiger partial charge on any atom is 0.215 e. The van der Waals surface area contributed by atoms with Gasteiger partial charge in [0.2, 0.25) is 10.0 Å². The first-order valence-electron chi connectivity index (χ1n) is 8.67. The lowest BCUT2D eigenvalue weighted by molar-refractivity contribution is 0.0283. The van der Waals surface area contributed by atoms with E-state index in [-0.39, 0.29) is 11.4 Å². The number of nitrogens with zero attached hydrogens (tertiary/aromatic N) is 2. The van der Waals surface area contributed by atoms with Gasteiger partial charge < -0.3 is 15.4 Å². The SMILES string of the molecule is CCNC(=NCC1(C)CCCO1)NCCS(=O)(=O)N1CCSCC1. The average molecular weight is 379 g/mol. The predicted octanol–water partition coefficient (Wildman–Crippen LogP) is 0.489. The quantitative estimate of drug-likeness (QED) is 0.496. The van der Waals surface area contributed by atoms with Gasteiger partial charge in [-0.15, -0.1) is 0 Å². The van der Waals surface area contributed by atoms with Gasteiger partial charge in [-0.05, 0) is 26.7 Å². The number of sulfonamides is 1. The molecule has 0 radical (unpaired) electrons. The van der Waals surface area contributed by atoms with E-state index in [1.165, 1.54) is 0 Å². The Morgan fingerprint density at radius 3 is 2.71 bits per heavy atom. The Labute approximate surface area is 150 Å². The highest BCUT2D eigenvalue weighted by molar-refractivity contribution is 7.99. The molecule has 0 aliphatic carbocycles. The maximum absolute atomic E-state index is 12.3. The number of hydrogen-bond acceptors (Lipinski definition) is 5. The van der Waals surface area contributed by atoms with Crippen LogP contribution in [-0.4, -0.2) is 80.9 Å². The normalized spacial score (nSPS) is 26.5. The highest BCUT2D eigenvalue weighted by Gasteiger charge is 2.29. The zero-order valence-electron chi connectivity index (χ0n) is 14.7. The minimum atomic E-state index is -3.19. The molecule has 9 heteroatoms. The van der Waals surface area contributed by atoms with Gasteiger partial charge in [0, 0.05) is 44.3 Å². The summed E-state index contributed by atoms with van der Waals surface area (Å²) in [4.78, 5) is 4.56. The molecule has 2 N–H and O–H groups in total. The van der Waals surface area contributed by atoms with Crippen molar-refractivity contribution in [3.05, 3.63) is 0 Å². The molecule has 2 rings (SSSR count). The summed E-state index contributed by atoms with van der Waals surface area (Å²) in [6.45, 7) is 7.78. The lowest BCUT2D eigenvalue weighted by Crippen LogP contribution is -2.44. The second kappa shape index (κ2) is 9.26. The average Bonchev–Trinajstić information content (AvgIpc) is 3.00. The third-order valence-corrected chi connectivity index (χ3v) is 7.05. The second-order valence-corrected chi connectivity index (χ2v) is 9.66. The van der Waals surface area contributed by atoms with Crippen molar-refractivity contribution in [2.24, 2.45) is 4.99 Å². The molecule has 0 aromatic heterocycles. The van der Waals surface area contributed by atoms with Crippen LogP contribution in [0.15, 0.2) is 4.99 Å². The van der Waals surface area contributed by atoms with Gasteiger partial charge in [0.1, 0.15) is 0 Å². The summed E-state index contributed by atoms with van der Waals surface area (Å²) in [6, 6.07) is 0. The van der Waals surface area contributed by atoms with Crippen LogP contribution in [0.5, 0.6) is 0 Å². The highest BCUT2D eigenvalue weighted by Crippen LogP contribution is 2.24. The number of ether oxygens (including phenoxy) is 1. The number of nitrogens with one attached hydrogen (secondary N) is 2. The number of thioether (sulfide) groups is 1. The Hall–Kier alpha value is -0.510. The Morgan fingerprint density at radius 2 is 2.08 bits per heavy atom. The molecule has 2 heterocycles. The first kappa shape index (κ1) is 19.8.